The molecule has 4 heteroatoms. The van der Waals surface area contributed by atoms with Crippen molar-refractivity contribution in [3.8, 4) is 0 Å². The first kappa shape index (κ1) is 16.8. The van der Waals surface area contributed by atoms with Gasteiger partial charge in [-0.15, -0.1) is 0 Å². The summed E-state index contributed by atoms with van der Waals surface area (Å²) in [4.78, 5) is 15.2. The molecule has 0 aromatic heterocycles. The van der Waals surface area contributed by atoms with Gasteiger partial charge in [-0.25, -0.2) is 0 Å². The minimum absolute atomic E-state index is 0.0276. The van der Waals surface area contributed by atoms with Crippen LogP contribution in [0.2, 0.25) is 0 Å². The van der Waals surface area contributed by atoms with E-state index >= 15 is 0 Å². The first-order valence-corrected chi connectivity index (χ1v) is 8.88. The highest BCUT2D eigenvalue weighted by Gasteiger charge is 2.44. The number of likely N-dealkylation sites (tertiary alicyclic amines) is 1. The lowest BCUT2D eigenvalue weighted by atomic mass is 9.77. The SMILES string of the molecule is CCCNC1(C(=O)OCC)CCCC(N2CCCCC2)C1. The summed E-state index contributed by atoms with van der Waals surface area (Å²) in [6.07, 6.45) is 9.24. The summed E-state index contributed by atoms with van der Waals surface area (Å²) in [6.45, 7) is 7.83. The van der Waals surface area contributed by atoms with Crippen LogP contribution in [0, 0.1) is 0 Å². The molecule has 2 atom stereocenters. The van der Waals surface area contributed by atoms with Gasteiger partial charge in [0.2, 0.25) is 0 Å². The van der Waals surface area contributed by atoms with Crippen molar-refractivity contribution in [1.82, 2.24) is 10.2 Å². The Balaban J connectivity index is 2.05. The second-order valence-electron chi connectivity index (χ2n) is 6.58. The van der Waals surface area contributed by atoms with Crippen LogP contribution in [0.15, 0.2) is 0 Å². The van der Waals surface area contributed by atoms with Gasteiger partial charge in [0.05, 0.1) is 6.61 Å². The van der Waals surface area contributed by atoms with Gasteiger partial charge in [0.1, 0.15) is 5.54 Å². The second-order valence-corrected chi connectivity index (χ2v) is 6.58. The van der Waals surface area contributed by atoms with Crippen molar-refractivity contribution in [2.45, 2.75) is 76.8 Å². The van der Waals surface area contributed by atoms with Gasteiger partial charge in [0.25, 0.3) is 0 Å². The van der Waals surface area contributed by atoms with Crippen LogP contribution in [0.1, 0.15) is 65.2 Å². The third-order valence-electron chi connectivity index (χ3n) is 5.01. The van der Waals surface area contributed by atoms with Crippen LogP contribution in [-0.2, 0) is 9.53 Å². The molecule has 1 aliphatic heterocycles. The molecule has 1 aliphatic carbocycles. The first-order chi connectivity index (χ1) is 10.2. The molecule has 0 amide bonds. The molecule has 1 N–H and O–H groups in total. The Morgan fingerprint density at radius 2 is 2.00 bits per heavy atom. The van der Waals surface area contributed by atoms with Gasteiger partial charge in [0.15, 0.2) is 0 Å². The van der Waals surface area contributed by atoms with Crippen LogP contribution in [-0.4, -0.2) is 48.7 Å². The van der Waals surface area contributed by atoms with E-state index in [0.717, 1.165) is 32.2 Å². The summed E-state index contributed by atoms with van der Waals surface area (Å²) in [5.41, 5.74) is -0.438. The maximum atomic E-state index is 12.6. The Morgan fingerprint density at radius 1 is 1.24 bits per heavy atom. The molecule has 1 saturated carbocycles. The van der Waals surface area contributed by atoms with Crippen molar-refractivity contribution in [3.63, 3.8) is 0 Å². The molecule has 2 aliphatic rings. The van der Waals surface area contributed by atoms with E-state index in [1.807, 2.05) is 6.92 Å². The molecular weight excluding hydrogens is 264 g/mol. The number of hydrogen-bond donors (Lipinski definition) is 1. The Hall–Kier alpha value is -0.610. The quantitative estimate of drug-likeness (QED) is 0.765. The molecule has 122 valence electrons. The number of carbonyl (C=O) groups excluding carboxylic acids is 1. The normalized spacial score (nSPS) is 31.0. The molecule has 1 heterocycles. The fourth-order valence-electron chi connectivity index (χ4n) is 3.89. The minimum Gasteiger partial charge on any atom is -0.465 e. The van der Waals surface area contributed by atoms with Crippen molar-refractivity contribution in [2.24, 2.45) is 0 Å². The van der Waals surface area contributed by atoms with Crippen LogP contribution < -0.4 is 5.32 Å². The Kier molecular flexibility index (Phi) is 6.49. The van der Waals surface area contributed by atoms with E-state index in [9.17, 15) is 4.79 Å². The second kappa shape index (κ2) is 8.14. The lowest BCUT2D eigenvalue weighted by molar-refractivity contribution is -0.154. The summed E-state index contributed by atoms with van der Waals surface area (Å²) >= 11 is 0. The summed E-state index contributed by atoms with van der Waals surface area (Å²) in [7, 11) is 0. The average Bonchev–Trinajstić information content (AvgIpc) is 2.54. The van der Waals surface area contributed by atoms with Crippen molar-refractivity contribution < 1.29 is 9.53 Å². The van der Waals surface area contributed by atoms with Crippen molar-refractivity contribution >= 4 is 5.97 Å². The molecule has 0 aromatic rings. The highest BCUT2D eigenvalue weighted by molar-refractivity contribution is 5.81. The summed E-state index contributed by atoms with van der Waals surface area (Å²) < 4.78 is 5.40. The fourth-order valence-corrected chi connectivity index (χ4v) is 3.89. The molecule has 2 rings (SSSR count). The van der Waals surface area contributed by atoms with Gasteiger partial charge in [0, 0.05) is 6.04 Å². The third kappa shape index (κ3) is 4.19. The van der Waals surface area contributed by atoms with Crippen LogP contribution in [0.25, 0.3) is 0 Å². The standard InChI is InChI=1S/C17H32N2O2/c1-3-11-18-17(16(20)21-4-2)10-8-9-15(14-17)19-12-6-5-7-13-19/h15,18H,3-14H2,1-2H3. The number of esters is 1. The maximum Gasteiger partial charge on any atom is 0.326 e. The Morgan fingerprint density at radius 3 is 2.67 bits per heavy atom. The van der Waals surface area contributed by atoms with Gasteiger partial charge in [-0.05, 0) is 71.5 Å². The van der Waals surface area contributed by atoms with E-state index in [-0.39, 0.29) is 5.97 Å². The van der Waals surface area contributed by atoms with Gasteiger partial charge >= 0.3 is 5.97 Å². The number of hydrogen-bond acceptors (Lipinski definition) is 4. The zero-order valence-corrected chi connectivity index (χ0v) is 13.8. The Bertz CT molecular complexity index is 329. The average molecular weight is 296 g/mol. The van der Waals surface area contributed by atoms with Crippen LogP contribution in [0.4, 0.5) is 0 Å². The molecule has 2 fully saturated rings. The zero-order chi connectivity index (χ0) is 15.1. The number of nitrogens with zero attached hydrogens (tertiary/aromatic N) is 1. The van der Waals surface area contributed by atoms with E-state index in [1.165, 1.54) is 38.8 Å². The summed E-state index contributed by atoms with van der Waals surface area (Å²) in [6, 6.07) is 0.549. The number of rotatable bonds is 6. The fraction of sp³-hybridized carbons (Fsp3) is 0.941. The number of piperidine rings is 1. The van der Waals surface area contributed by atoms with Crippen LogP contribution >= 0.6 is 0 Å². The van der Waals surface area contributed by atoms with E-state index < -0.39 is 5.54 Å². The van der Waals surface area contributed by atoms with E-state index in [1.54, 1.807) is 0 Å². The van der Waals surface area contributed by atoms with E-state index in [4.69, 9.17) is 4.74 Å². The monoisotopic (exact) mass is 296 g/mol. The van der Waals surface area contributed by atoms with Crippen LogP contribution in [0.5, 0.6) is 0 Å². The summed E-state index contributed by atoms with van der Waals surface area (Å²) in [5, 5.41) is 3.54. The van der Waals surface area contributed by atoms with Gasteiger partial charge in [-0.2, -0.15) is 0 Å². The predicted octanol–water partition coefficient (Wildman–Crippen LogP) is 2.72. The first-order valence-electron chi connectivity index (χ1n) is 8.88. The molecular formula is C17H32N2O2. The lowest BCUT2D eigenvalue weighted by Crippen LogP contribution is -2.59. The van der Waals surface area contributed by atoms with Crippen molar-refractivity contribution in [2.75, 3.05) is 26.2 Å². The lowest BCUT2D eigenvalue weighted by Gasteiger charge is -2.44. The Labute approximate surface area is 129 Å². The molecule has 0 spiro atoms. The number of carbonyl (C=O) groups is 1. The van der Waals surface area contributed by atoms with E-state index in [0.29, 0.717) is 12.6 Å². The third-order valence-corrected chi connectivity index (χ3v) is 5.01. The molecule has 2 unspecified atom stereocenters. The van der Waals surface area contributed by atoms with Crippen molar-refractivity contribution in [1.29, 1.82) is 0 Å². The highest BCUT2D eigenvalue weighted by atomic mass is 16.5. The maximum absolute atomic E-state index is 12.6. The number of ether oxygens (including phenoxy) is 1. The number of nitrogens with one attached hydrogen (secondary N) is 1. The highest BCUT2D eigenvalue weighted by Crippen LogP contribution is 2.33. The van der Waals surface area contributed by atoms with Gasteiger partial charge in [-0.3, -0.25) is 4.79 Å². The van der Waals surface area contributed by atoms with Crippen molar-refractivity contribution in [3.05, 3.63) is 0 Å². The predicted molar refractivity (Wildman–Crippen MR) is 85.3 cm³/mol. The molecule has 0 radical (unpaired) electrons. The summed E-state index contributed by atoms with van der Waals surface area (Å²) in [5.74, 6) is -0.0276. The van der Waals surface area contributed by atoms with Gasteiger partial charge < -0.3 is 15.0 Å². The largest absolute Gasteiger partial charge is 0.465 e. The zero-order valence-electron chi connectivity index (χ0n) is 13.8. The molecule has 21 heavy (non-hydrogen) atoms. The molecule has 1 saturated heterocycles. The molecule has 0 aromatic carbocycles. The molecule has 0 bridgehead atoms. The van der Waals surface area contributed by atoms with Crippen LogP contribution in [0.3, 0.4) is 0 Å². The van der Waals surface area contributed by atoms with Gasteiger partial charge in [-0.1, -0.05) is 13.3 Å². The van der Waals surface area contributed by atoms with E-state index in [2.05, 4.69) is 17.1 Å². The minimum atomic E-state index is -0.438. The molecule has 4 nitrogen and oxygen atoms in total. The topological polar surface area (TPSA) is 41.6 Å². The smallest absolute Gasteiger partial charge is 0.326 e.